The molecule has 2 heterocycles. The molecule has 1 aromatic heterocycles. The van der Waals surface area contributed by atoms with Crippen LogP contribution in [0.2, 0.25) is 0 Å². The second-order valence-corrected chi connectivity index (χ2v) is 8.59. The fourth-order valence-electron chi connectivity index (χ4n) is 3.26. The summed E-state index contributed by atoms with van der Waals surface area (Å²) >= 11 is 4.95. The molecule has 9 heteroatoms. The molecule has 0 bridgehead atoms. The van der Waals surface area contributed by atoms with Crippen LogP contribution < -0.4 is 14.4 Å². The molecule has 1 amide bonds. The predicted octanol–water partition coefficient (Wildman–Crippen LogP) is 5.20. The van der Waals surface area contributed by atoms with Crippen molar-refractivity contribution in [1.29, 1.82) is 0 Å². The highest BCUT2D eigenvalue weighted by Crippen LogP contribution is 2.40. The van der Waals surface area contributed by atoms with Gasteiger partial charge < -0.3 is 14.4 Å². The van der Waals surface area contributed by atoms with E-state index in [4.69, 9.17) is 14.5 Å². The smallest absolute Gasteiger partial charge is 0.260 e. The van der Waals surface area contributed by atoms with Gasteiger partial charge in [0, 0.05) is 35.3 Å². The number of nitrogens with zero attached hydrogens (tertiary/aromatic N) is 3. The first-order valence-corrected chi connectivity index (χ1v) is 11.2. The van der Waals surface area contributed by atoms with Gasteiger partial charge in [0.1, 0.15) is 0 Å². The number of rotatable bonds is 7. The number of hydrogen-bond acceptors (Lipinski definition) is 6. The second kappa shape index (κ2) is 9.96. The van der Waals surface area contributed by atoms with Crippen LogP contribution >= 0.6 is 39.7 Å². The summed E-state index contributed by atoms with van der Waals surface area (Å²) in [4.78, 5) is 22.2. The molecular formula is C21H23BrClN3O3S. The van der Waals surface area contributed by atoms with Crippen LogP contribution in [-0.2, 0) is 0 Å². The zero-order valence-corrected chi connectivity index (χ0v) is 20.0. The Hall–Kier alpha value is -1.87. The van der Waals surface area contributed by atoms with E-state index in [-0.39, 0.29) is 25.1 Å². The Kier molecular flexibility index (Phi) is 7.57. The van der Waals surface area contributed by atoms with E-state index in [2.05, 4.69) is 34.7 Å². The Balaban J connectivity index is 0.00000256. The highest BCUT2D eigenvalue weighted by atomic mass is 79.9. The van der Waals surface area contributed by atoms with Gasteiger partial charge in [-0.25, -0.2) is 4.98 Å². The second-order valence-electron chi connectivity index (χ2n) is 6.66. The zero-order valence-electron chi connectivity index (χ0n) is 16.8. The summed E-state index contributed by atoms with van der Waals surface area (Å²) in [5, 5.41) is 0.681. The van der Waals surface area contributed by atoms with Gasteiger partial charge in [0.05, 0.1) is 10.2 Å². The molecule has 3 aromatic rings. The Labute approximate surface area is 194 Å². The van der Waals surface area contributed by atoms with Crippen LogP contribution in [0, 0.1) is 0 Å². The van der Waals surface area contributed by atoms with Gasteiger partial charge in [-0.3, -0.25) is 9.69 Å². The zero-order chi connectivity index (χ0) is 20.4. The molecular weight excluding hydrogens is 490 g/mol. The molecule has 0 saturated carbocycles. The number of benzene rings is 2. The van der Waals surface area contributed by atoms with E-state index in [1.807, 2.05) is 36.4 Å². The molecule has 30 heavy (non-hydrogen) atoms. The van der Waals surface area contributed by atoms with Crippen molar-refractivity contribution in [2.75, 3.05) is 37.9 Å². The molecule has 0 fully saturated rings. The van der Waals surface area contributed by atoms with Crippen LogP contribution in [0.1, 0.15) is 24.2 Å². The molecule has 0 spiro atoms. The van der Waals surface area contributed by atoms with E-state index in [0.29, 0.717) is 23.0 Å². The molecule has 0 atom stereocenters. The lowest BCUT2D eigenvalue weighted by molar-refractivity contribution is 0.0983. The van der Waals surface area contributed by atoms with Crippen molar-refractivity contribution in [1.82, 2.24) is 9.88 Å². The molecule has 6 nitrogen and oxygen atoms in total. The third kappa shape index (κ3) is 4.72. The van der Waals surface area contributed by atoms with E-state index in [9.17, 15) is 4.79 Å². The number of fused-ring (bicyclic) bond motifs is 2. The Morgan fingerprint density at radius 2 is 1.87 bits per heavy atom. The molecule has 1 aliphatic rings. The van der Waals surface area contributed by atoms with Crippen LogP contribution in [0.4, 0.5) is 5.13 Å². The third-order valence-corrected chi connectivity index (χ3v) is 6.49. The molecule has 160 valence electrons. The van der Waals surface area contributed by atoms with Gasteiger partial charge in [-0.05, 0) is 31.3 Å². The topological polar surface area (TPSA) is 54.9 Å². The number of halogens is 2. The maximum atomic E-state index is 13.4. The minimum absolute atomic E-state index is 0. The van der Waals surface area contributed by atoms with E-state index in [0.717, 1.165) is 40.1 Å². The van der Waals surface area contributed by atoms with Crippen molar-refractivity contribution in [2.24, 2.45) is 0 Å². The standard InChI is InChI=1S/C21H22BrN3O3S.ClH/c1-3-24(4-2)8-9-25(20(26)14-6-5-7-15(22)10-14)21-23-16-11-17-18(28-13-27-17)12-19(16)29-21;/h5-7,10-12H,3-4,8-9,13H2,1-2H3;1H. The average Bonchev–Trinajstić information content (AvgIpc) is 3.34. The van der Waals surface area contributed by atoms with Gasteiger partial charge in [-0.15, -0.1) is 12.4 Å². The van der Waals surface area contributed by atoms with Crippen LogP contribution in [0.3, 0.4) is 0 Å². The van der Waals surface area contributed by atoms with Crippen molar-refractivity contribution in [3.8, 4) is 11.5 Å². The number of anilines is 1. The summed E-state index contributed by atoms with van der Waals surface area (Å²) in [6, 6.07) is 11.3. The first kappa shape index (κ1) is 22.8. The Morgan fingerprint density at radius 1 is 1.13 bits per heavy atom. The summed E-state index contributed by atoms with van der Waals surface area (Å²) in [6.45, 7) is 7.72. The summed E-state index contributed by atoms with van der Waals surface area (Å²) in [5.41, 5.74) is 1.44. The highest BCUT2D eigenvalue weighted by Gasteiger charge is 2.24. The fraction of sp³-hybridized carbons (Fsp3) is 0.333. The van der Waals surface area contributed by atoms with Crippen LogP contribution in [0.25, 0.3) is 10.2 Å². The lowest BCUT2D eigenvalue weighted by atomic mass is 10.2. The van der Waals surface area contributed by atoms with E-state index in [1.165, 1.54) is 11.3 Å². The van der Waals surface area contributed by atoms with E-state index >= 15 is 0 Å². The SMILES string of the molecule is CCN(CC)CCN(C(=O)c1cccc(Br)c1)c1nc2cc3c(cc2s1)OCO3.Cl. The van der Waals surface area contributed by atoms with Crippen molar-refractivity contribution in [3.63, 3.8) is 0 Å². The third-order valence-electron chi connectivity index (χ3n) is 4.95. The number of thiazole rings is 1. The molecule has 4 rings (SSSR count). The van der Waals surface area contributed by atoms with Crippen molar-refractivity contribution >= 4 is 60.9 Å². The first-order chi connectivity index (χ1) is 14.1. The molecule has 0 unspecified atom stereocenters. The van der Waals surface area contributed by atoms with Crippen molar-refractivity contribution in [3.05, 3.63) is 46.4 Å². The summed E-state index contributed by atoms with van der Waals surface area (Å²) in [6.07, 6.45) is 0. The lowest BCUT2D eigenvalue weighted by Crippen LogP contribution is -2.38. The predicted molar refractivity (Wildman–Crippen MR) is 127 cm³/mol. The number of aromatic nitrogens is 1. The van der Waals surface area contributed by atoms with Crippen molar-refractivity contribution in [2.45, 2.75) is 13.8 Å². The average molecular weight is 513 g/mol. The minimum Gasteiger partial charge on any atom is -0.454 e. The number of carbonyl (C=O) groups excluding carboxylic acids is 1. The number of likely N-dealkylation sites (N-methyl/N-ethyl adjacent to an activating group) is 1. The molecule has 1 aliphatic heterocycles. The Morgan fingerprint density at radius 3 is 2.57 bits per heavy atom. The number of amides is 1. The summed E-state index contributed by atoms with van der Waals surface area (Å²) < 4.78 is 12.8. The van der Waals surface area contributed by atoms with Crippen LogP contribution in [0.15, 0.2) is 40.9 Å². The van der Waals surface area contributed by atoms with Crippen LogP contribution in [0.5, 0.6) is 11.5 Å². The molecule has 0 radical (unpaired) electrons. The Bertz CT molecular complexity index is 1000. The monoisotopic (exact) mass is 511 g/mol. The van der Waals surface area contributed by atoms with Gasteiger partial charge in [-0.2, -0.15) is 0 Å². The normalized spacial score (nSPS) is 12.3. The molecule has 0 aliphatic carbocycles. The fourth-order valence-corrected chi connectivity index (χ4v) is 4.66. The van der Waals surface area contributed by atoms with E-state index in [1.54, 1.807) is 4.90 Å². The minimum atomic E-state index is -0.0578. The first-order valence-electron chi connectivity index (χ1n) is 9.59. The molecule has 0 N–H and O–H groups in total. The largest absolute Gasteiger partial charge is 0.454 e. The maximum absolute atomic E-state index is 13.4. The number of carbonyl (C=O) groups is 1. The molecule has 2 aromatic carbocycles. The quantitative estimate of drug-likeness (QED) is 0.436. The highest BCUT2D eigenvalue weighted by molar-refractivity contribution is 9.10. The number of ether oxygens (including phenoxy) is 2. The van der Waals surface area contributed by atoms with Crippen LogP contribution in [-0.4, -0.2) is 48.8 Å². The van der Waals surface area contributed by atoms with E-state index < -0.39 is 0 Å². The van der Waals surface area contributed by atoms with Gasteiger partial charge >= 0.3 is 0 Å². The summed E-state index contributed by atoms with van der Waals surface area (Å²) in [5.74, 6) is 1.36. The van der Waals surface area contributed by atoms with Crippen molar-refractivity contribution < 1.29 is 14.3 Å². The van der Waals surface area contributed by atoms with Gasteiger partial charge in [-0.1, -0.05) is 47.2 Å². The lowest BCUT2D eigenvalue weighted by Gasteiger charge is -2.24. The summed E-state index contributed by atoms with van der Waals surface area (Å²) in [7, 11) is 0. The molecule has 0 saturated heterocycles. The van der Waals surface area contributed by atoms with Gasteiger partial charge in [0.25, 0.3) is 5.91 Å². The maximum Gasteiger partial charge on any atom is 0.260 e. The number of hydrogen-bond donors (Lipinski definition) is 0. The van der Waals surface area contributed by atoms with Gasteiger partial charge in [0.2, 0.25) is 6.79 Å². The van der Waals surface area contributed by atoms with Gasteiger partial charge in [0.15, 0.2) is 16.6 Å².